The molecule has 3 amide bonds. The van der Waals surface area contributed by atoms with E-state index in [2.05, 4.69) is 10.6 Å². The quantitative estimate of drug-likeness (QED) is 0.466. The van der Waals surface area contributed by atoms with E-state index in [-0.39, 0.29) is 36.9 Å². The van der Waals surface area contributed by atoms with Gasteiger partial charge in [0.25, 0.3) is 0 Å². The van der Waals surface area contributed by atoms with E-state index in [4.69, 9.17) is 14.2 Å². The van der Waals surface area contributed by atoms with Gasteiger partial charge in [-0.25, -0.2) is 0 Å². The minimum Gasteiger partial charge on any atom is -0.457 e. The highest BCUT2D eigenvalue weighted by atomic mass is 16.5. The Morgan fingerprint density at radius 1 is 1.00 bits per heavy atom. The second kappa shape index (κ2) is 11.1. The third-order valence-corrected chi connectivity index (χ3v) is 8.51. The summed E-state index contributed by atoms with van der Waals surface area (Å²) < 4.78 is 17.5. The number of carbonyl (C=O) groups excluding carboxylic acids is 3. The summed E-state index contributed by atoms with van der Waals surface area (Å²) in [5.41, 5.74) is -0.594. The first-order valence-corrected chi connectivity index (χ1v) is 14.1. The number of ether oxygens (including phenoxy) is 3. The van der Waals surface area contributed by atoms with Crippen molar-refractivity contribution in [2.24, 2.45) is 11.8 Å². The summed E-state index contributed by atoms with van der Waals surface area (Å²) in [5.74, 6) is -0.973. The number of likely N-dealkylation sites (tertiary alicyclic amines) is 1. The second-order valence-electron chi connectivity index (χ2n) is 11.0. The Balaban J connectivity index is 1.20. The number of fused-ring (bicyclic) bond motifs is 1. The number of nitrogens with one attached hydrogen (secondary N) is 2. The molecule has 0 aromatic heterocycles. The number of rotatable bonds is 9. The smallest absolute Gasteiger partial charge is 0.246 e. The van der Waals surface area contributed by atoms with E-state index < -0.39 is 29.6 Å². The molecule has 1 spiro atoms. The minimum atomic E-state index is -1.18. The number of methoxy groups -OCH3 is 1. The molecule has 3 heterocycles. The molecular weight excluding hydrogens is 510 g/mol. The Bertz CT molecular complexity index is 1280. The van der Waals surface area contributed by atoms with Crippen LogP contribution in [0.1, 0.15) is 32.1 Å². The zero-order valence-corrected chi connectivity index (χ0v) is 22.6. The largest absolute Gasteiger partial charge is 0.457 e. The maximum Gasteiger partial charge on any atom is 0.246 e. The normalized spacial score (nSPS) is 28.9. The summed E-state index contributed by atoms with van der Waals surface area (Å²) >= 11 is 0. The highest BCUT2D eigenvalue weighted by Gasteiger charge is 2.72. The molecule has 3 aliphatic heterocycles. The second-order valence-corrected chi connectivity index (χ2v) is 11.0. The topological polar surface area (TPSA) is 106 Å². The number of hydrogen-bond acceptors (Lipinski definition) is 6. The first-order chi connectivity index (χ1) is 19.5. The van der Waals surface area contributed by atoms with E-state index in [1.54, 1.807) is 36.3 Å². The Hall–Kier alpha value is -3.69. The lowest BCUT2D eigenvalue weighted by atomic mass is 9.74. The van der Waals surface area contributed by atoms with Crippen molar-refractivity contribution in [1.82, 2.24) is 10.2 Å². The van der Waals surface area contributed by atoms with Gasteiger partial charge in [0.05, 0.1) is 24.5 Å². The molecule has 2 N–H and O–H groups in total. The molecule has 4 aliphatic rings. The number of para-hydroxylation sites is 1. The molecule has 2 aromatic rings. The molecule has 210 valence electrons. The number of hydrogen-bond donors (Lipinski definition) is 2. The van der Waals surface area contributed by atoms with Crippen LogP contribution in [0.4, 0.5) is 5.69 Å². The van der Waals surface area contributed by atoms with Gasteiger partial charge in [-0.3, -0.25) is 14.4 Å². The average Bonchev–Trinajstić information content (AvgIpc) is 3.61. The van der Waals surface area contributed by atoms with Crippen molar-refractivity contribution < 1.29 is 28.6 Å². The van der Waals surface area contributed by atoms with Crippen molar-refractivity contribution in [3.8, 4) is 11.5 Å². The van der Waals surface area contributed by atoms with E-state index in [9.17, 15) is 14.4 Å². The summed E-state index contributed by atoms with van der Waals surface area (Å²) in [6, 6.07) is 15.8. The maximum atomic E-state index is 13.9. The first kappa shape index (κ1) is 26.5. The van der Waals surface area contributed by atoms with Crippen molar-refractivity contribution in [2.45, 2.75) is 55.9 Å². The monoisotopic (exact) mass is 545 g/mol. The molecule has 9 nitrogen and oxygen atoms in total. The SMILES string of the molecule is COCCN1C(=O)[C@H]2[C@@H](C(=O)Nc3ccc(Oc4ccccc4)cc3)[C@H]3C=C[C@@]2(O3)[C@@H]1C(=O)NC1CCCCC1. The van der Waals surface area contributed by atoms with Gasteiger partial charge in [-0.1, -0.05) is 49.6 Å². The predicted molar refractivity (Wildman–Crippen MR) is 148 cm³/mol. The van der Waals surface area contributed by atoms with Crippen molar-refractivity contribution in [3.05, 3.63) is 66.7 Å². The molecule has 2 saturated heterocycles. The van der Waals surface area contributed by atoms with Crippen LogP contribution in [0.5, 0.6) is 11.5 Å². The number of amides is 3. The fraction of sp³-hybridized carbons (Fsp3) is 0.452. The summed E-state index contributed by atoms with van der Waals surface area (Å²) in [4.78, 5) is 42.7. The molecule has 1 saturated carbocycles. The van der Waals surface area contributed by atoms with Crippen LogP contribution in [0.25, 0.3) is 0 Å². The van der Waals surface area contributed by atoms with Crippen LogP contribution >= 0.6 is 0 Å². The minimum absolute atomic E-state index is 0.0894. The maximum absolute atomic E-state index is 13.9. The van der Waals surface area contributed by atoms with E-state index in [0.717, 1.165) is 31.4 Å². The Kier molecular flexibility index (Phi) is 7.33. The van der Waals surface area contributed by atoms with Gasteiger partial charge >= 0.3 is 0 Å². The standard InChI is InChI=1S/C31H35N3O6/c1-38-19-18-34-27(29(36)33-20-8-4-2-5-9-20)31-17-16-24(40-31)25(26(31)30(34)37)28(35)32-21-12-14-23(15-13-21)39-22-10-6-3-7-11-22/h3,6-7,10-17,20,24-27H,2,4-5,8-9,18-19H2,1H3,(H,32,35)(H,33,36)/t24-,25+,26-,27+,31+/m1/s1. The van der Waals surface area contributed by atoms with Crippen LogP contribution < -0.4 is 15.4 Å². The molecule has 6 rings (SSSR count). The van der Waals surface area contributed by atoms with Crippen LogP contribution in [0.15, 0.2) is 66.7 Å². The van der Waals surface area contributed by atoms with Crippen molar-refractivity contribution in [1.29, 1.82) is 0 Å². The van der Waals surface area contributed by atoms with Gasteiger partial charge in [-0.15, -0.1) is 0 Å². The summed E-state index contributed by atoms with van der Waals surface area (Å²) in [6.07, 6.45) is 8.27. The Labute approximate surface area is 233 Å². The van der Waals surface area contributed by atoms with E-state index in [0.29, 0.717) is 11.4 Å². The molecule has 9 heteroatoms. The third kappa shape index (κ3) is 4.77. The lowest BCUT2D eigenvalue weighted by Gasteiger charge is -2.34. The fourth-order valence-electron chi connectivity index (χ4n) is 6.68. The lowest BCUT2D eigenvalue weighted by Crippen LogP contribution is -2.57. The van der Waals surface area contributed by atoms with Gasteiger partial charge in [0, 0.05) is 25.4 Å². The van der Waals surface area contributed by atoms with E-state index >= 15 is 0 Å². The zero-order chi connectivity index (χ0) is 27.7. The van der Waals surface area contributed by atoms with Crippen LogP contribution in [0.3, 0.4) is 0 Å². The molecule has 5 atom stereocenters. The highest BCUT2D eigenvalue weighted by molar-refractivity contribution is 6.02. The van der Waals surface area contributed by atoms with Gasteiger partial charge < -0.3 is 29.7 Å². The van der Waals surface area contributed by atoms with Gasteiger partial charge in [0.2, 0.25) is 17.7 Å². The molecule has 2 bridgehead atoms. The van der Waals surface area contributed by atoms with Crippen LogP contribution in [-0.4, -0.2) is 66.7 Å². The summed E-state index contributed by atoms with van der Waals surface area (Å²) in [5, 5.41) is 6.14. The number of carbonyl (C=O) groups is 3. The number of anilines is 1. The summed E-state index contributed by atoms with van der Waals surface area (Å²) in [6.45, 7) is 0.526. The van der Waals surface area contributed by atoms with Crippen LogP contribution in [-0.2, 0) is 23.9 Å². The first-order valence-electron chi connectivity index (χ1n) is 14.1. The molecule has 0 radical (unpaired) electrons. The molecular formula is C31H35N3O6. The van der Waals surface area contributed by atoms with Gasteiger partial charge in [0.1, 0.15) is 23.1 Å². The van der Waals surface area contributed by atoms with E-state index in [1.165, 1.54) is 6.42 Å². The number of benzene rings is 2. The van der Waals surface area contributed by atoms with Crippen LogP contribution in [0.2, 0.25) is 0 Å². The van der Waals surface area contributed by atoms with Crippen molar-refractivity contribution in [3.63, 3.8) is 0 Å². The van der Waals surface area contributed by atoms with Gasteiger partial charge in [0.15, 0.2) is 0 Å². The molecule has 2 aromatic carbocycles. The Morgan fingerprint density at radius 2 is 1.73 bits per heavy atom. The highest BCUT2D eigenvalue weighted by Crippen LogP contribution is 2.55. The molecule has 0 unspecified atom stereocenters. The zero-order valence-electron chi connectivity index (χ0n) is 22.6. The molecule has 1 aliphatic carbocycles. The third-order valence-electron chi connectivity index (χ3n) is 8.51. The van der Waals surface area contributed by atoms with E-state index in [1.807, 2.05) is 42.5 Å². The molecule has 3 fully saturated rings. The predicted octanol–water partition coefficient (Wildman–Crippen LogP) is 3.66. The van der Waals surface area contributed by atoms with Crippen molar-refractivity contribution in [2.75, 3.05) is 25.6 Å². The van der Waals surface area contributed by atoms with Crippen molar-refractivity contribution >= 4 is 23.4 Å². The molecule has 40 heavy (non-hydrogen) atoms. The van der Waals surface area contributed by atoms with Gasteiger partial charge in [-0.2, -0.15) is 0 Å². The fourth-order valence-corrected chi connectivity index (χ4v) is 6.68. The average molecular weight is 546 g/mol. The number of nitrogens with zero attached hydrogens (tertiary/aromatic N) is 1. The Morgan fingerprint density at radius 3 is 2.45 bits per heavy atom. The van der Waals surface area contributed by atoms with Crippen LogP contribution in [0, 0.1) is 11.8 Å². The summed E-state index contributed by atoms with van der Waals surface area (Å²) in [7, 11) is 1.56. The van der Waals surface area contributed by atoms with Gasteiger partial charge in [-0.05, 0) is 49.2 Å². The lowest BCUT2D eigenvalue weighted by molar-refractivity contribution is -0.142.